The number of rotatable bonds is 4. The van der Waals surface area contributed by atoms with E-state index in [-0.39, 0.29) is 6.61 Å². The summed E-state index contributed by atoms with van der Waals surface area (Å²) < 4.78 is 20.3. The normalized spacial score (nSPS) is 12.4. The molecule has 0 saturated carbocycles. The molecule has 2 rings (SSSR count). The Morgan fingerprint density at radius 2 is 2.28 bits per heavy atom. The molecule has 0 aliphatic heterocycles. The van der Waals surface area contributed by atoms with Crippen LogP contribution in [0.15, 0.2) is 24.5 Å². The Bertz CT molecular complexity index is 540. The minimum absolute atomic E-state index is 0.210. The largest absolute Gasteiger partial charge is 0.485 e. The smallest absolute Gasteiger partial charge is 0.170 e. The molecule has 0 saturated heterocycles. The first-order valence-electron chi connectivity index (χ1n) is 5.51. The Labute approximate surface area is 104 Å². The van der Waals surface area contributed by atoms with E-state index in [2.05, 4.69) is 10.2 Å². The van der Waals surface area contributed by atoms with Crippen molar-refractivity contribution in [2.45, 2.75) is 19.6 Å². The second kappa shape index (κ2) is 5.14. The van der Waals surface area contributed by atoms with Gasteiger partial charge in [-0.25, -0.2) is 4.39 Å². The molecule has 0 bridgehead atoms. The van der Waals surface area contributed by atoms with Gasteiger partial charge in [0, 0.05) is 12.6 Å². The van der Waals surface area contributed by atoms with E-state index < -0.39 is 11.9 Å². The highest BCUT2D eigenvalue weighted by Crippen LogP contribution is 2.26. The van der Waals surface area contributed by atoms with Crippen molar-refractivity contribution in [1.29, 1.82) is 0 Å². The average Bonchev–Trinajstić information content (AvgIpc) is 2.73. The summed E-state index contributed by atoms with van der Waals surface area (Å²) in [6.45, 7) is 1.77. The number of ether oxygens (including phenoxy) is 1. The summed E-state index contributed by atoms with van der Waals surface area (Å²) in [6.07, 6.45) is 0.772. The predicted molar refractivity (Wildman–Crippen MR) is 62.4 cm³/mol. The summed E-state index contributed by atoms with van der Waals surface area (Å²) in [6, 6.07) is 4.04. The lowest BCUT2D eigenvalue weighted by molar-refractivity contribution is 0.188. The van der Waals surface area contributed by atoms with E-state index in [1.54, 1.807) is 24.9 Å². The molecule has 1 unspecified atom stereocenters. The molecule has 1 aromatic heterocycles. The first-order valence-corrected chi connectivity index (χ1v) is 5.51. The molecule has 96 valence electrons. The van der Waals surface area contributed by atoms with Gasteiger partial charge in [-0.2, -0.15) is 0 Å². The van der Waals surface area contributed by atoms with Crippen LogP contribution in [0.25, 0.3) is 0 Å². The SMILES string of the molecule is CC(O)c1cc(F)ccc1OCc1nncn1C. The van der Waals surface area contributed by atoms with E-state index in [1.165, 1.54) is 18.2 Å². The molecule has 0 fully saturated rings. The van der Waals surface area contributed by atoms with Crippen molar-refractivity contribution >= 4 is 0 Å². The lowest BCUT2D eigenvalue weighted by Gasteiger charge is -2.13. The van der Waals surface area contributed by atoms with Gasteiger partial charge in [-0.1, -0.05) is 0 Å². The van der Waals surface area contributed by atoms with Gasteiger partial charge in [0.05, 0.1) is 6.10 Å². The third-order valence-electron chi connectivity index (χ3n) is 2.58. The number of aryl methyl sites for hydroxylation is 1. The molecule has 1 atom stereocenters. The molecule has 0 aliphatic carbocycles. The molecule has 5 nitrogen and oxygen atoms in total. The third-order valence-corrected chi connectivity index (χ3v) is 2.58. The van der Waals surface area contributed by atoms with Gasteiger partial charge < -0.3 is 14.4 Å². The highest BCUT2D eigenvalue weighted by Gasteiger charge is 2.11. The maximum absolute atomic E-state index is 13.1. The lowest BCUT2D eigenvalue weighted by atomic mass is 10.1. The van der Waals surface area contributed by atoms with E-state index in [0.717, 1.165) is 0 Å². The summed E-state index contributed by atoms with van der Waals surface area (Å²) in [5.74, 6) is 0.683. The topological polar surface area (TPSA) is 60.2 Å². The summed E-state index contributed by atoms with van der Waals surface area (Å²) in [5, 5.41) is 17.2. The number of aliphatic hydroxyl groups is 1. The zero-order valence-corrected chi connectivity index (χ0v) is 10.2. The van der Waals surface area contributed by atoms with E-state index in [4.69, 9.17) is 4.74 Å². The molecule has 18 heavy (non-hydrogen) atoms. The first kappa shape index (κ1) is 12.5. The van der Waals surface area contributed by atoms with E-state index in [1.807, 2.05) is 0 Å². The molecule has 0 radical (unpaired) electrons. The average molecular weight is 251 g/mol. The number of nitrogens with zero attached hydrogens (tertiary/aromatic N) is 3. The van der Waals surface area contributed by atoms with Crippen LogP contribution < -0.4 is 4.74 Å². The van der Waals surface area contributed by atoms with Gasteiger partial charge in [-0.05, 0) is 25.1 Å². The summed E-state index contributed by atoms with van der Waals surface area (Å²) in [7, 11) is 1.80. The number of halogens is 1. The van der Waals surface area contributed by atoms with E-state index in [9.17, 15) is 9.50 Å². The van der Waals surface area contributed by atoms with Crippen LogP contribution in [0, 0.1) is 5.82 Å². The molecule has 0 spiro atoms. The second-order valence-electron chi connectivity index (χ2n) is 4.00. The highest BCUT2D eigenvalue weighted by atomic mass is 19.1. The van der Waals surface area contributed by atoms with Crippen LogP contribution in [-0.4, -0.2) is 19.9 Å². The van der Waals surface area contributed by atoms with Crippen molar-refractivity contribution in [2.75, 3.05) is 0 Å². The van der Waals surface area contributed by atoms with Crippen LogP contribution >= 0.6 is 0 Å². The Morgan fingerprint density at radius 3 is 2.89 bits per heavy atom. The van der Waals surface area contributed by atoms with Gasteiger partial charge >= 0.3 is 0 Å². The van der Waals surface area contributed by atoms with Crippen molar-refractivity contribution in [3.05, 3.63) is 41.7 Å². The molecule has 0 amide bonds. The van der Waals surface area contributed by atoms with Gasteiger partial charge in [-0.3, -0.25) is 0 Å². The molecular weight excluding hydrogens is 237 g/mol. The van der Waals surface area contributed by atoms with Crippen molar-refractivity contribution < 1.29 is 14.2 Å². The maximum atomic E-state index is 13.1. The fourth-order valence-corrected chi connectivity index (χ4v) is 1.56. The summed E-state index contributed by atoms with van der Waals surface area (Å²) in [4.78, 5) is 0. The van der Waals surface area contributed by atoms with Gasteiger partial charge in [0.2, 0.25) is 0 Å². The fraction of sp³-hybridized carbons (Fsp3) is 0.333. The number of hydrogen-bond donors (Lipinski definition) is 1. The maximum Gasteiger partial charge on any atom is 0.170 e. The molecule has 1 heterocycles. The van der Waals surface area contributed by atoms with Crippen LogP contribution in [0.1, 0.15) is 24.4 Å². The lowest BCUT2D eigenvalue weighted by Crippen LogP contribution is -2.05. The van der Waals surface area contributed by atoms with Gasteiger partial charge in [0.1, 0.15) is 24.5 Å². The first-order chi connectivity index (χ1) is 8.58. The van der Waals surface area contributed by atoms with Crippen LogP contribution in [0.3, 0.4) is 0 Å². The zero-order chi connectivity index (χ0) is 13.1. The Hall–Kier alpha value is -1.95. The fourth-order valence-electron chi connectivity index (χ4n) is 1.56. The minimum Gasteiger partial charge on any atom is -0.485 e. The minimum atomic E-state index is -0.796. The molecule has 1 aromatic carbocycles. The van der Waals surface area contributed by atoms with E-state index >= 15 is 0 Å². The number of aliphatic hydroxyl groups excluding tert-OH is 1. The Morgan fingerprint density at radius 1 is 1.50 bits per heavy atom. The third kappa shape index (κ3) is 2.65. The Kier molecular flexibility index (Phi) is 3.57. The van der Waals surface area contributed by atoms with Crippen molar-refractivity contribution in [3.8, 4) is 5.75 Å². The van der Waals surface area contributed by atoms with Crippen molar-refractivity contribution in [3.63, 3.8) is 0 Å². The van der Waals surface area contributed by atoms with Crippen LogP contribution in [0.4, 0.5) is 4.39 Å². The number of hydrogen-bond acceptors (Lipinski definition) is 4. The second-order valence-corrected chi connectivity index (χ2v) is 4.00. The molecule has 2 aromatic rings. The molecular formula is C12H14FN3O2. The quantitative estimate of drug-likeness (QED) is 0.896. The van der Waals surface area contributed by atoms with Gasteiger partial charge in [-0.15, -0.1) is 10.2 Å². The van der Waals surface area contributed by atoms with Crippen molar-refractivity contribution in [2.24, 2.45) is 7.05 Å². The highest BCUT2D eigenvalue weighted by molar-refractivity contribution is 5.35. The van der Waals surface area contributed by atoms with E-state index in [0.29, 0.717) is 17.1 Å². The van der Waals surface area contributed by atoms with Crippen LogP contribution in [0.2, 0.25) is 0 Å². The van der Waals surface area contributed by atoms with Crippen LogP contribution in [-0.2, 0) is 13.7 Å². The summed E-state index contributed by atoms with van der Waals surface area (Å²) >= 11 is 0. The standard InChI is InChI=1S/C12H14FN3O2/c1-8(17)10-5-9(13)3-4-11(10)18-6-12-15-14-7-16(12)2/h3-5,7-8,17H,6H2,1-2H3. The molecule has 1 N–H and O–H groups in total. The monoisotopic (exact) mass is 251 g/mol. The van der Waals surface area contributed by atoms with Gasteiger partial charge in [0.25, 0.3) is 0 Å². The molecule has 0 aliphatic rings. The number of benzene rings is 1. The van der Waals surface area contributed by atoms with Gasteiger partial charge in [0.15, 0.2) is 5.82 Å². The summed E-state index contributed by atoms with van der Waals surface area (Å²) in [5.41, 5.74) is 0.414. The van der Waals surface area contributed by atoms with Crippen molar-refractivity contribution in [1.82, 2.24) is 14.8 Å². The Balaban J connectivity index is 2.16. The predicted octanol–water partition coefficient (Wildman–Crippen LogP) is 1.59. The zero-order valence-electron chi connectivity index (χ0n) is 10.2. The van der Waals surface area contributed by atoms with Crippen LogP contribution in [0.5, 0.6) is 5.75 Å². The number of aromatic nitrogens is 3. The molecule has 6 heteroatoms.